The molecule has 0 aromatic heterocycles. The van der Waals surface area contributed by atoms with Crippen LogP contribution >= 0.6 is 31.9 Å². The lowest BCUT2D eigenvalue weighted by atomic mass is 9.94. The minimum atomic E-state index is -0.0161. The van der Waals surface area contributed by atoms with E-state index in [1.165, 1.54) is 6.08 Å². The van der Waals surface area contributed by atoms with Gasteiger partial charge in [0.25, 0.3) is 0 Å². The van der Waals surface area contributed by atoms with E-state index in [4.69, 9.17) is 0 Å². The number of halogens is 2. The molecular weight excluding hydrogens is 398 g/mol. The van der Waals surface area contributed by atoms with Gasteiger partial charge in [-0.15, -0.1) is 0 Å². The van der Waals surface area contributed by atoms with E-state index in [-0.39, 0.29) is 11.5 Å². The van der Waals surface area contributed by atoms with Gasteiger partial charge in [-0.3, -0.25) is 4.79 Å². The molecule has 2 aromatic rings. The molecule has 0 bridgehead atoms. The highest BCUT2D eigenvalue weighted by molar-refractivity contribution is 9.11. The van der Waals surface area contributed by atoms with Crippen LogP contribution in [-0.4, -0.2) is 16.6 Å². The van der Waals surface area contributed by atoms with Gasteiger partial charge in [-0.05, 0) is 56.1 Å². The predicted molar refractivity (Wildman–Crippen MR) is 89.6 cm³/mol. The van der Waals surface area contributed by atoms with Gasteiger partial charge >= 0.3 is 0 Å². The highest BCUT2D eigenvalue weighted by atomic mass is 79.9. The molecule has 0 saturated heterocycles. The molecule has 21 heavy (non-hydrogen) atoms. The van der Waals surface area contributed by atoms with Gasteiger partial charge in [0.15, 0.2) is 5.78 Å². The van der Waals surface area contributed by atoms with Crippen LogP contribution < -0.4 is 0 Å². The molecule has 0 saturated carbocycles. The van der Waals surface area contributed by atoms with E-state index in [2.05, 4.69) is 36.9 Å². The third-order valence-electron chi connectivity index (χ3n) is 3.11. The average Bonchev–Trinajstić information content (AvgIpc) is 2.48. The van der Waals surface area contributed by atoms with Crippen LogP contribution in [0.25, 0.3) is 0 Å². The number of rotatable bonds is 1. The van der Waals surface area contributed by atoms with E-state index in [1.807, 2.05) is 18.2 Å². The summed E-state index contributed by atoms with van der Waals surface area (Å²) in [6, 6.07) is 10.8. The third kappa shape index (κ3) is 2.71. The fourth-order valence-electron chi connectivity index (χ4n) is 2.11. The van der Waals surface area contributed by atoms with E-state index in [9.17, 15) is 9.90 Å². The first-order valence-corrected chi connectivity index (χ1v) is 7.73. The maximum Gasteiger partial charge on any atom is 0.186 e. The first-order valence-electron chi connectivity index (χ1n) is 6.15. The number of carbonyl (C=O) groups is 1. The molecule has 3 nitrogen and oxygen atoms in total. The standard InChI is InChI=1S/C16H9Br2NO2/c17-12-7-9(8-13(18)16(12)21)19-14-5-6-15(20)11-4-2-1-3-10(11)14/h1-8,21H. The first-order chi connectivity index (χ1) is 10.1. The summed E-state index contributed by atoms with van der Waals surface area (Å²) in [4.78, 5) is 16.4. The van der Waals surface area contributed by atoms with E-state index in [0.29, 0.717) is 20.2 Å². The predicted octanol–water partition coefficient (Wildman–Crippen LogP) is 4.79. The Labute approximate surface area is 138 Å². The van der Waals surface area contributed by atoms with Crippen molar-refractivity contribution in [2.24, 2.45) is 4.99 Å². The largest absolute Gasteiger partial charge is 0.506 e. The molecule has 0 amide bonds. The van der Waals surface area contributed by atoms with Crippen molar-refractivity contribution in [1.82, 2.24) is 0 Å². The Morgan fingerprint density at radius 3 is 2.24 bits per heavy atom. The second-order valence-electron chi connectivity index (χ2n) is 4.50. The number of phenolic OH excluding ortho intramolecular Hbond substituents is 1. The fourth-order valence-corrected chi connectivity index (χ4v) is 3.27. The summed E-state index contributed by atoms with van der Waals surface area (Å²) >= 11 is 6.56. The lowest BCUT2D eigenvalue weighted by Gasteiger charge is -2.12. The molecule has 104 valence electrons. The Hall–Kier alpha value is -1.72. The van der Waals surface area contributed by atoms with Crippen LogP contribution in [0.5, 0.6) is 5.75 Å². The number of carbonyl (C=O) groups excluding carboxylic acids is 1. The van der Waals surface area contributed by atoms with Crippen LogP contribution in [0.1, 0.15) is 15.9 Å². The normalized spacial score (nSPS) is 15.3. The average molecular weight is 407 g/mol. The van der Waals surface area contributed by atoms with Crippen LogP contribution in [0.3, 0.4) is 0 Å². The smallest absolute Gasteiger partial charge is 0.186 e. The Morgan fingerprint density at radius 1 is 0.952 bits per heavy atom. The number of allylic oxidation sites excluding steroid dienone is 2. The number of aliphatic imine (C=N–C) groups is 1. The quantitative estimate of drug-likeness (QED) is 0.739. The van der Waals surface area contributed by atoms with Crippen molar-refractivity contribution in [2.75, 3.05) is 0 Å². The number of aromatic hydroxyl groups is 1. The van der Waals surface area contributed by atoms with Crippen LogP contribution in [0.15, 0.2) is 62.5 Å². The molecule has 1 aliphatic rings. The summed E-state index contributed by atoms with van der Waals surface area (Å²) in [6.07, 6.45) is 3.23. The summed E-state index contributed by atoms with van der Waals surface area (Å²) in [7, 11) is 0. The van der Waals surface area contributed by atoms with E-state index < -0.39 is 0 Å². The molecule has 0 aliphatic heterocycles. The third-order valence-corrected chi connectivity index (χ3v) is 4.32. The summed E-state index contributed by atoms with van der Waals surface area (Å²) < 4.78 is 1.11. The minimum absolute atomic E-state index is 0.0161. The molecular formula is C16H9Br2NO2. The number of phenols is 1. The number of hydrogen-bond acceptors (Lipinski definition) is 3. The molecule has 3 rings (SSSR count). The van der Waals surface area contributed by atoms with Gasteiger partial charge in [0.1, 0.15) is 5.75 Å². The van der Waals surface area contributed by atoms with Crippen LogP contribution in [0, 0.1) is 0 Å². The monoisotopic (exact) mass is 405 g/mol. The van der Waals surface area contributed by atoms with Gasteiger partial charge in [-0.2, -0.15) is 0 Å². The summed E-state index contributed by atoms with van der Waals surface area (Å²) in [6.45, 7) is 0. The number of ketones is 1. The molecule has 2 aromatic carbocycles. The number of nitrogens with zero attached hydrogens (tertiary/aromatic N) is 1. The Balaban J connectivity index is 2.13. The molecule has 0 spiro atoms. The van der Waals surface area contributed by atoms with Crippen LogP contribution in [0.2, 0.25) is 0 Å². The lowest BCUT2D eigenvalue weighted by molar-refractivity contribution is 0.104. The molecule has 0 atom stereocenters. The maximum atomic E-state index is 11.8. The van der Waals surface area contributed by atoms with Gasteiger partial charge in [0, 0.05) is 11.1 Å². The Bertz CT molecular complexity index is 787. The van der Waals surface area contributed by atoms with Crippen molar-refractivity contribution >= 4 is 49.0 Å². The summed E-state index contributed by atoms with van der Waals surface area (Å²) in [5, 5.41) is 9.73. The maximum absolute atomic E-state index is 11.8. The summed E-state index contributed by atoms with van der Waals surface area (Å²) in [5.41, 5.74) is 2.85. The van der Waals surface area contributed by atoms with Crippen molar-refractivity contribution in [3.05, 3.63) is 68.6 Å². The zero-order valence-corrected chi connectivity index (χ0v) is 13.8. The Morgan fingerprint density at radius 2 is 1.57 bits per heavy atom. The van der Waals surface area contributed by atoms with Gasteiger partial charge in [0.05, 0.1) is 20.3 Å². The molecule has 0 fully saturated rings. The highest BCUT2D eigenvalue weighted by Crippen LogP contribution is 2.36. The van der Waals surface area contributed by atoms with Crippen LogP contribution in [-0.2, 0) is 0 Å². The van der Waals surface area contributed by atoms with Gasteiger partial charge in [0.2, 0.25) is 0 Å². The second kappa shape index (κ2) is 5.58. The number of hydrogen-bond donors (Lipinski definition) is 1. The van der Waals surface area contributed by atoms with E-state index in [0.717, 1.165) is 11.3 Å². The Kier molecular flexibility index (Phi) is 3.78. The fraction of sp³-hybridized carbons (Fsp3) is 0. The molecule has 1 N–H and O–H groups in total. The molecule has 5 heteroatoms. The molecule has 1 aliphatic carbocycles. The molecule has 0 heterocycles. The topological polar surface area (TPSA) is 49.7 Å². The van der Waals surface area contributed by atoms with Crippen molar-refractivity contribution < 1.29 is 9.90 Å². The van der Waals surface area contributed by atoms with E-state index in [1.54, 1.807) is 24.3 Å². The SMILES string of the molecule is O=C1C=CC(=Nc2cc(Br)c(O)c(Br)c2)c2ccccc21. The number of benzene rings is 2. The first kappa shape index (κ1) is 14.2. The van der Waals surface area contributed by atoms with Crippen molar-refractivity contribution in [1.29, 1.82) is 0 Å². The van der Waals surface area contributed by atoms with Gasteiger partial charge < -0.3 is 5.11 Å². The van der Waals surface area contributed by atoms with Gasteiger partial charge in [-0.1, -0.05) is 24.3 Å². The second-order valence-corrected chi connectivity index (χ2v) is 6.21. The highest BCUT2D eigenvalue weighted by Gasteiger charge is 2.17. The minimum Gasteiger partial charge on any atom is -0.506 e. The zero-order valence-electron chi connectivity index (χ0n) is 10.7. The summed E-state index contributed by atoms with van der Waals surface area (Å²) in [5.74, 6) is 0.117. The molecule has 0 radical (unpaired) electrons. The van der Waals surface area contributed by atoms with Crippen molar-refractivity contribution in [2.45, 2.75) is 0 Å². The van der Waals surface area contributed by atoms with Crippen LogP contribution in [0.4, 0.5) is 5.69 Å². The molecule has 0 unspecified atom stereocenters. The lowest BCUT2D eigenvalue weighted by Crippen LogP contribution is -2.11. The zero-order chi connectivity index (χ0) is 15.0. The van der Waals surface area contributed by atoms with Crippen molar-refractivity contribution in [3.63, 3.8) is 0 Å². The van der Waals surface area contributed by atoms with Gasteiger partial charge in [-0.25, -0.2) is 4.99 Å². The van der Waals surface area contributed by atoms with E-state index >= 15 is 0 Å². The number of fused-ring (bicyclic) bond motifs is 1. The van der Waals surface area contributed by atoms with Crippen molar-refractivity contribution in [3.8, 4) is 5.75 Å².